The number of ether oxygens (including phenoxy) is 1. The Morgan fingerprint density at radius 2 is 1.94 bits per heavy atom. The van der Waals surface area contributed by atoms with Gasteiger partial charge < -0.3 is 20.3 Å². The molecule has 0 aliphatic rings. The minimum Gasteiger partial charge on any atom is -0.465 e. The normalized spacial score (nSPS) is 9.19. The van der Waals surface area contributed by atoms with Gasteiger partial charge in [0.05, 0.1) is 6.61 Å². The Morgan fingerprint density at radius 3 is 2.44 bits per heavy atom. The lowest BCUT2D eigenvalue weighted by Gasteiger charge is -2.16. The summed E-state index contributed by atoms with van der Waals surface area (Å²) in [5, 5.41) is 4.71. The number of likely N-dealkylation sites (N-methyl/N-ethyl adjacent to an activating group) is 2. The van der Waals surface area contributed by atoms with Gasteiger partial charge in [0.2, 0.25) is 5.91 Å². The fraction of sp³-hybridized carbons (Fsp3) is 0.667. The van der Waals surface area contributed by atoms with Gasteiger partial charge in [-0.25, -0.2) is 4.79 Å². The zero-order valence-corrected chi connectivity index (χ0v) is 9.70. The molecule has 0 bridgehead atoms. The molecule has 0 rings (SSSR count). The Labute approximate surface area is 94.1 Å². The summed E-state index contributed by atoms with van der Waals surface area (Å²) in [6.07, 6.45) is 0. The van der Waals surface area contributed by atoms with Crippen molar-refractivity contribution in [3.8, 4) is 0 Å². The molecule has 0 heterocycles. The summed E-state index contributed by atoms with van der Waals surface area (Å²) in [5.74, 6) is -0.794. The zero-order chi connectivity index (χ0) is 12.6. The molecule has 0 fully saturated rings. The summed E-state index contributed by atoms with van der Waals surface area (Å²) in [5.41, 5.74) is 0. The van der Waals surface area contributed by atoms with Crippen LogP contribution in [0.4, 0.5) is 4.79 Å². The number of nitrogens with one attached hydrogen (secondary N) is 2. The second-order valence-corrected chi connectivity index (χ2v) is 2.99. The molecular formula is C9H17N3O4. The highest BCUT2D eigenvalue weighted by atomic mass is 16.5. The number of carbonyl (C=O) groups excluding carboxylic acids is 3. The van der Waals surface area contributed by atoms with E-state index in [-0.39, 0.29) is 25.6 Å². The van der Waals surface area contributed by atoms with Crippen molar-refractivity contribution in [3.05, 3.63) is 0 Å². The third kappa shape index (κ3) is 5.84. The SMILES string of the molecule is CCOC(=O)CNC(=O)N(C)CC(=O)NC. The Bertz CT molecular complexity index is 267. The highest BCUT2D eigenvalue weighted by molar-refractivity contribution is 5.85. The van der Waals surface area contributed by atoms with Crippen LogP contribution in [0.1, 0.15) is 6.92 Å². The van der Waals surface area contributed by atoms with Gasteiger partial charge in [0.1, 0.15) is 13.1 Å². The van der Waals surface area contributed by atoms with Crippen molar-refractivity contribution < 1.29 is 19.1 Å². The molecule has 0 radical (unpaired) electrons. The Hall–Kier alpha value is -1.79. The van der Waals surface area contributed by atoms with E-state index in [0.717, 1.165) is 4.90 Å². The van der Waals surface area contributed by atoms with Crippen molar-refractivity contribution in [2.24, 2.45) is 0 Å². The second kappa shape index (κ2) is 7.49. The number of urea groups is 1. The summed E-state index contributed by atoms with van der Waals surface area (Å²) >= 11 is 0. The molecule has 0 saturated heterocycles. The van der Waals surface area contributed by atoms with Gasteiger partial charge in [0, 0.05) is 14.1 Å². The van der Waals surface area contributed by atoms with E-state index in [1.54, 1.807) is 6.92 Å². The van der Waals surface area contributed by atoms with Gasteiger partial charge in [-0.05, 0) is 6.92 Å². The maximum atomic E-state index is 11.3. The molecule has 0 aliphatic heterocycles. The number of carbonyl (C=O) groups is 3. The average molecular weight is 231 g/mol. The minimum absolute atomic E-state index is 0.0643. The summed E-state index contributed by atoms with van der Waals surface area (Å²) in [4.78, 5) is 34.4. The Morgan fingerprint density at radius 1 is 1.31 bits per heavy atom. The van der Waals surface area contributed by atoms with E-state index < -0.39 is 12.0 Å². The zero-order valence-electron chi connectivity index (χ0n) is 9.70. The van der Waals surface area contributed by atoms with E-state index in [1.165, 1.54) is 14.1 Å². The molecule has 7 heteroatoms. The first kappa shape index (κ1) is 14.2. The van der Waals surface area contributed by atoms with Gasteiger partial charge in [-0.1, -0.05) is 0 Å². The summed E-state index contributed by atoms with van der Waals surface area (Å²) < 4.78 is 4.62. The number of esters is 1. The first-order valence-electron chi connectivity index (χ1n) is 4.86. The van der Waals surface area contributed by atoms with Gasteiger partial charge in [0.25, 0.3) is 0 Å². The van der Waals surface area contributed by atoms with Crippen LogP contribution in [0.5, 0.6) is 0 Å². The molecule has 0 saturated carbocycles. The van der Waals surface area contributed by atoms with Crippen LogP contribution < -0.4 is 10.6 Å². The molecule has 7 nitrogen and oxygen atoms in total. The fourth-order valence-electron chi connectivity index (χ4n) is 0.861. The van der Waals surface area contributed by atoms with Crippen LogP contribution in [-0.4, -0.2) is 56.6 Å². The quantitative estimate of drug-likeness (QED) is 0.590. The lowest BCUT2D eigenvalue weighted by atomic mass is 10.5. The van der Waals surface area contributed by atoms with Gasteiger partial charge in [-0.15, -0.1) is 0 Å². The van der Waals surface area contributed by atoms with E-state index in [0.29, 0.717) is 0 Å². The van der Waals surface area contributed by atoms with Crippen LogP contribution in [0.2, 0.25) is 0 Å². The maximum Gasteiger partial charge on any atom is 0.325 e. The highest BCUT2D eigenvalue weighted by Gasteiger charge is 2.12. The second-order valence-electron chi connectivity index (χ2n) is 2.99. The molecule has 0 unspecified atom stereocenters. The third-order valence-corrected chi connectivity index (χ3v) is 1.70. The van der Waals surface area contributed by atoms with Crippen molar-refractivity contribution >= 4 is 17.9 Å². The van der Waals surface area contributed by atoms with E-state index in [9.17, 15) is 14.4 Å². The summed E-state index contributed by atoms with van der Waals surface area (Å²) in [6.45, 7) is 1.68. The predicted octanol–water partition coefficient (Wildman–Crippen LogP) is -1.06. The molecule has 16 heavy (non-hydrogen) atoms. The molecule has 0 aromatic heterocycles. The summed E-state index contributed by atoms with van der Waals surface area (Å²) in [7, 11) is 2.93. The number of rotatable bonds is 5. The molecule has 92 valence electrons. The smallest absolute Gasteiger partial charge is 0.325 e. The van der Waals surface area contributed by atoms with Gasteiger partial charge in [-0.2, -0.15) is 0 Å². The molecule has 0 aromatic carbocycles. The van der Waals surface area contributed by atoms with Gasteiger partial charge >= 0.3 is 12.0 Å². The molecule has 0 aliphatic carbocycles. The van der Waals surface area contributed by atoms with E-state index >= 15 is 0 Å². The number of hydrogen-bond donors (Lipinski definition) is 2. The van der Waals surface area contributed by atoms with Crippen molar-refractivity contribution in [1.82, 2.24) is 15.5 Å². The van der Waals surface area contributed by atoms with E-state index in [2.05, 4.69) is 15.4 Å². The lowest BCUT2D eigenvalue weighted by Crippen LogP contribution is -2.44. The average Bonchev–Trinajstić information content (AvgIpc) is 2.25. The predicted molar refractivity (Wildman–Crippen MR) is 56.7 cm³/mol. The standard InChI is InChI=1S/C9H17N3O4/c1-4-16-8(14)5-11-9(15)12(3)6-7(13)10-2/h4-6H2,1-3H3,(H,10,13)(H,11,15). The van der Waals surface area contributed by atoms with Crippen LogP contribution in [0.15, 0.2) is 0 Å². The Balaban J connectivity index is 3.87. The van der Waals surface area contributed by atoms with Crippen molar-refractivity contribution in [2.45, 2.75) is 6.92 Å². The van der Waals surface area contributed by atoms with Crippen LogP contribution in [0, 0.1) is 0 Å². The van der Waals surface area contributed by atoms with Gasteiger partial charge in [0.15, 0.2) is 0 Å². The number of amides is 3. The highest BCUT2D eigenvalue weighted by Crippen LogP contribution is 1.84. The molecule has 0 spiro atoms. The first-order valence-corrected chi connectivity index (χ1v) is 4.86. The Kier molecular flexibility index (Phi) is 6.66. The number of nitrogens with zero attached hydrogens (tertiary/aromatic N) is 1. The molecule has 2 N–H and O–H groups in total. The molecular weight excluding hydrogens is 214 g/mol. The minimum atomic E-state index is -0.510. The van der Waals surface area contributed by atoms with Crippen LogP contribution in [-0.2, 0) is 14.3 Å². The topological polar surface area (TPSA) is 87.7 Å². The van der Waals surface area contributed by atoms with Crippen molar-refractivity contribution in [1.29, 1.82) is 0 Å². The van der Waals surface area contributed by atoms with Crippen LogP contribution >= 0.6 is 0 Å². The largest absolute Gasteiger partial charge is 0.465 e. The van der Waals surface area contributed by atoms with Gasteiger partial charge in [-0.3, -0.25) is 9.59 Å². The lowest BCUT2D eigenvalue weighted by molar-refractivity contribution is -0.141. The fourth-order valence-corrected chi connectivity index (χ4v) is 0.861. The maximum absolute atomic E-state index is 11.3. The molecule has 0 aromatic rings. The van der Waals surface area contributed by atoms with Crippen LogP contribution in [0.3, 0.4) is 0 Å². The van der Waals surface area contributed by atoms with Crippen molar-refractivity contribution in [3.63, 3.8) is 0 Å². The van der Waals surface area contributed by atoms with Crippen molar-refractivity contribution in [2.75, 3.05) is 33.8 Å². The summed E-state index contributed by atoms with van der Waals surface area (Å²) in [6, 6.07) is -0.503. The number of hydrogen-bond acceptors (Lipinski definition) is 4. The van der Waals surface area contributed by atoms with Crippen LogP contribution in [0.25, 0.3) is 0 Å². The molecule has 0 atom stereocenters. The third-order valence-electron chi connectivity index (χ3n) is 1.70. The monoisotopic (exact) mass is 231 g/mol. The first-order chi connectivity index (χ1) is 7.51. The van der Waals surface area contributed by atoms with E-state index in [1.807, 2.05) is 0 Å². The molecule has 3 amide bonds. The van der Waals surface area contributed by atoms with E-state index in [4.69, 9.17) is 0 Å².